The molecule has 16 heavy (non-hydrogen) atoms. The molecule has 0 unspecified atom stereocenters. The summed E-state index contributed by atoms with van der Waals surface area (Å²) in [6.07, 6.45) is 8.53. The zero-order valence-electron chi connectivity index (χ0n) is 10.0. The highest BCUT2D eigenvalue weighted by Crippen LogP contribution is 2.32. The first-order valence-electron chi connectivity index (χ1n) is 6.04. The van der Waals surface area contributed by atoms with Crippen LogP contribution in [0, 0.1) is 0 Å². The van der Waals surface area contributed by atoms with Gasteiger partial charge in [-0.3, -0.25) is 4.98 Å². The van der Waals surface area contributed by atoms with E-state index in [2.05, 4.69) is 29.1 Å². The predicted molar refractivity (Wildman–Crippen MR) is 66.0 cm³/mol. The molecule has 3 nitrogen and oxygen atoms in total. The second-order valence-electron chi connectivity index (χ2n) is 5.06. The van der Waals surface area contributed by atoms with E-state index in [1.54, 1.807) is 0 Å². The quantitative estimate of drug-likeness (QED) is 0.821. The van der Waals surface area contributed by atoms with Gasteiger partial charge in [0.1, 0.15) is 0 Å². The SMILES string of the molecule is CN(CCC1(N)CCC1)Cc1ccncc1. The van der Waals surface area contributed by atoms with Crippen molar-refractivity contribution in [3.05, 3.63) is 30.1 Å². The van der Waals surface area contributed by atoms with Gasteiger partial charge in [0.15, 0.2) is 0 Å². The number of pyridine rings is 1. The Morgan fingerprint density at radius 3 is 2.62 bits per heavy atom. The molecule has 0 bridgehead atoms. The Hall–Kier alpha value is -0.930. The van der Waals surface area contributed by atoms with Gasteiger partial charge in [-0.15, -0.1) is 0 Å². The Bertz CT molecular complexity index is 319. The molecule has 1 saturated carbocycles. The maximum atomic E-state index is 6.21. The van der Waals surface area contributed by atoms with Crippen LogP contribution < -0.4 is 5.73 Å². The van der Waals surface area contributed by atoms with E-state index in [0.717, 1.165) is 19.5 Å². The third-order valence-electron chi connectivity index (χ3n) is 3.54. The van der Waals surface area contributed by atoms with Gasteiger partial charge in [0.2, 0.25) is 0 Å². The van der Waals surface area contributed by atoms with E-state index >= 15 is 0 Å². The van der Waals surface area contributed by atoms with Crippen LogP contribution >= 0.6 is 0 Å². The molecule has 3 heteroatoms. The number of aromatic nitrogens is 1. The fraction of sp³-hybridized carbons (Fsp3) is 0.615. The molecule has 0 saturated heterocycles. The summed E-state index contributed by atoms with van der Waals surface area (Å²) in [4.78, 5) is 6.36. The van der Waals surface area contributed by atoms with Gasteiger partial charge in [0.25, 0.3) is 0 Å². The number of hydrogen-bond donors (Lipinski definition) is 1. The number of hydrogen-bond acceptors (Lipinski definition) is 3. The van der Waals surface area contributed by atoms with E-state index in [4.69, 9.17) is 5.73 Å². The lowest BCUT2D eigenvalue weighted by molar-refractivity contribution is 0.193. The van der Waals surface area contributed by atoms with Crippen molar-refractivity contribution in [1.82, 2.24) is 9.88 Å². The van der Waals surface area contributed by atoms with Crippen LogP contribution in [0.1, 0.15) is 31.2 Å². The molecule has 1 aromatic heterocycles. The maximum absolute atomic E-state index is 6.21. The summed E-state index contributed by atoms with van der Waals surface area (Å²) in [6, 6.07) is 4.14. The van der Waals surface area contributed by atoms with E-state index in [9.17, 15) is 0 Å². The van der Waals surface area contributed by atoms with Crippen molar-refractivity contribution in [2.45, 2.75) is 37.8 Å². The van der Waals surface area contributed by atoms with Crippen LogP contribution in [0.3, 0.4) is 0 Å². The van der Waals surface area contributed by atoms with Crippen molar-refractivity contribution in [3.63, 3.8) is 0 Å². The molecule has 0 atom stereocenters. The average Bonchev–Trinajstić information content (AvgIpc) is 2.25. The monoisotopic (exact) mass is 219 g/mol. The van der Waals surface area contributed by atoms with Gasteiger partial charge in [0.05, 0.1) is 0 Å². The highest BCUT2D eigenvalue weighted by molar-refractivity contribution is 5.09. The van der Waals surface area contributed by atoms with Gasteiger partial charge in [-0.2, -0.15) is 0 Å². The predicted octanol–water partition coefficient (Wildman–Crippen LogP) is 1.78. The molecule has 2 N–H and O–H groups in total. The van der Waals surface area contributed by atoms with Crippen LogP contribution in [0.5, 0.6) is 0 Å². The molecule has 1 aromatic rings. The summed E-state index contributed by atoms with van der Waals surface area (Å²) < 4.78 is 0. The third-order valence-corrected chi connectivity index (χ3v) is 3.54. The molecule has 1 aliphatic carbocycles. The fourth-order valence-corrected chi connectivity index (χ4v) is 2.17. The van der Waals surface area contributed by atoms with Gasteiger partial charge in [-0.1, -0.05) is 0 Å². The van der Waals surface area contributed by atoms with Crippen molar-refractivity contribution in [3.8, 4) is 0 Å². The zero-order chi connectivity index (χ0) is 11.4. The first-order chi connectivity index (χ1) is 7.68. The summed E-state index contributed by atoms with van der Waals surface area (Å²) in [6.45, 7) is 2.07. The smallest absolute Gasteiger partial charge is 0.0271 e. The molecule has 0 amide bonds. The zero-order valence-corrected chi connectivity index (χ0v) is 10.0. The summed E-state index contributed by atoms with van der Waals surface area (Å²) in [5, 5.41) is 0. The van der Waals surface area contributed by atoms with Crippen LogP contribution in [-0.2, 0) is 6.54 Å². The highest BCUT2D eigenvalue weighted by Gasteiger charge is 2.31. The minimum Gasteiger partial charge on any atom is -0.325 e. The molecule has 0 aromatic carbocycles. The minimum atomic E-state index is 0.145. The normalized spacial score (nSPS) is 18.4. The van der Waals surface area contributed by atoms with Gasteiger partial charge >= 0.3 is 0 Å². The molecular formula is C13H21N3. The van der Waals surface area contributed by atoms with Crippen molar-refractivity contribution in [1.29, 1.82) is 0 Å². The Kier molecular flexibility index (Phi) is 3.56. The van der Waals surface area contributed by atoms with Crippen LogP contribution in [0.2, 0.25) is 0 Å². The second-order valence-corrected chi connectivity index (χ2v) is 5.06. The molecular weight excluding hydrogens is 198 g/mol. The summed E-state index contributed by atoms with van der Waals surface area (Å²) in [7, 11) is 2.16. The Morgan fingerprint density at radius 2 is 2.06 bits per heavy atom. The van der Waals surface area contributed by atoms with Gasteiger partial charge in [-0.05, 0) is 57.0 Å². The molecule has 2 rings (SSSR count). The molecule has 0 aliphatic heterocycles. The number of rotatable bonds is 5. The van der Waals surface area contributed by atoms with Gasteiger partial charge in [0, 0.05) is 24.5 Å². The Balaban J connectivity index is 1.74. The van der Waals surface area contributed by atoms with Gasteiger partial charge in [-0.25, -0.2) is 0 Å². The maximum Gasteiger partial charge on any atom is 0.0271 e. The van der Waals surface area contributed by atoms with E-state index in [1.165, 1.54) is 24.8 Å². The molecule has 0 spiro atoms. The Morgan fingerprint density at radius 1 is 1.38 bits per heavy atom. The van der Waals surface area contributed by atoms with E-state index < -0.39 is 0 Å². The molecule has 1 fully saturated rings. The largest absolute Gasteiger partial charge is 0.325 e. The standard InChI is InChI=1S/C13H21N3/c1-16(10-7-13(14)5-2-6-13)11-12-3-8-15-9-4-12/h3-4,8-9H,2,5-7,10-11,14H2,1H3. The lowest BCUT2D eigenvalue weighted by atomic mass is 9.75. The second kappa shape index (κ2) is 4.93. The number of nitrogens with two attached hydrogens (primary N) is 1. The van der Waals surface area contributed by atoms with E-state index in [1.807, 2.05) is 12.4 Å². The minimum absolute atomic E-state index is 0.145. The lowest BCUT2D eigenvalue weighted by Gasteiger charge is -2.39. The topological polar surface area (TPSA) is 42.1 Å². The van der Waals surface area contributed by atoms with Crippen LogP contribution in [-0.4, -0.2) is 29.0 Å². The molecule has 1 heterocycles. The Labute approximate surface area is 97.7 Å². The van der Waals surface area contributed by atoms with Gasteiger partial charge < -0.3 is 10.6 Å². The summed E-state index contributed by atoms with van der Waals surface area (Å²) in [5.41, 5.74) is 7.67. The van der Waals surface area contributed by atoms with Crippen molar-refractivity contribution in [2.75, 3.05) is 13.6 Å². The molecule has 0 radical (unpaired) electrons. The van der Waals surface area contributed by atoms with E-state index in [0.29, 0.717) is 0 Å². The third kappa shape index (κ3) is 3.03. The van der Waals surface area contributed by atoms with Crippen LogP contribution in [0.4, 0.5) is 0 Å². The summed E-state index contributed by atoms with van der Waals surface area (Å²) >= 11 is 0. The van der Waals surface area contributed by atoms with Crippen molar-refractivity contribution >= 4 is 0 Å². The summed E-state index contributed by atoms with van der Waals surface area (Å²) in [5.74, 6) is 0. The fourth-order valence-electron chi connectivity index (χ4n) is 2.17. The highest BCUT2D eigenvalue weighted by atomic mass is 15.1. The first-order valence-corrected chi connectivity index (χ1v) is 6.04. The molecule has 1 aliphatic rings. The number of nitrogens with zero attached hydrogens (tertiary/aromatic N) is 2. The first kappa shape index (κ1) is 11.6. The lowest BCUT2D eigenvalue weighted by Crippen LogP contribution is -2.48. The van der Waals surface area contributed by atoms with E-state index in [-0.39, 0.29) is 5.54 Å². The van der Waals surface area contributed by atoms with Crippen molar-refractivity contribution < 1.29 is 0 Å². The molecule has 88 valence electrons. The average molecular weight is 219 g/mol. The van der Waals surface area contributed by atoms with Crippen LogP contribution in [0.25, 0.3) is 0 Å². The van der Waals surface area contributed by atoms with Crippen molar-refractivity contribution in [2.24, 2.45) is 5.73 Å². The van der Waals surface area contributed by atoms with Crippen LogP contribution in [0.15, 0.2) is 24.5 Å².